The predicted molar refractivity (Wildman–Crippen MR) is 70.3 cm³/mol. The lowest BCUT2D eigenvalue weighted by Gasteiger charge is -2.38. The van der Waals surface area contributed by atoms with Gasteiger partial charge in [-0.3, -0.25) is 4.79 Å². The summed E-state index contributed by atoms with van der Waals surface area (Å²) in [5.74, 6) is 0.469. The van der Waals surface area contributed by atoms with Crippen molar-refractivity contribution in [1.82, 2.24) is 9.97 Å². The molecule has 0 aromatic carbocycles. The molecule has 1 saturated heterocycles. The van der Waals surface area contributed by atoms with E-state index in [4.69, 9.17) is 5.73 Å². The van der Waals surface area contributed by atoms with Crippen LogP contribution >= 0.6 is 0 Å². The molecule has 1 aliphatic heterocycles. The van der Waals surface area contributed by atoms with Gasteiger partial charge in [0.2, 0.25) is 11.9 Å². The van der Waals surface area contributed by atoms with Crippen LogP contribution in [0.25, 0.3) is 0 Å². The fourth-order valence-electron chi connectivity index (χ4n) is 2.46. The quantitative estimate of drug-likeness (QED) is 0.853. The summed E-state index contributed by atoms with van der Waals surface area (Å²) in [4.78, 5) is 22.5. The molecular formula is C13H20N4O. The molecule has 1 aromatic rings. The fraction of sp³-hybridized carbons (Fsp3) is 0.615. The largest absolute Gasteiger partial charge is 0.369 e. The summed E-state index contributed by atoms with van der Waals surface area (Å²) in [7, 11) is 0. The van der Waals surface area contributed by atoms with Crippen molar-refractivity contribution in [2.75, 3.05) is 18.0 Å². The summed E-state index contributed by atoms with van der Waals surface area (Å²) >= 11 is 0. The molecule has 18 heavy (non-hydrogen) atoms. The van der Waals surface area contributed by atoms with E-state index in [1.54, 1.807) is 0 Å². The van der Waals surface area contributed by atoms with Gasteiger partial charge in [0, 0.05) is 24.5 Å². The first kappa shape index (κ1) is 12.8. The number of hydrogen-bond acceptors (Lipinski definition) is 4. The van der Waals surface area contributed by atoms with Crippen molar-refractivity contribution in [3.8, 4) is 0 Å². The summed E-state index contributed by atoms with van der Waals surface area (Å²) in [6, 6.07) is 1.95. The number of nitrogens with two attached hydrogens (primary N) is 1. The van der Waals surface area contributed by atoms with Crippen LogP contribution in [0.5, 0.6) is 0 Å². The van der Waals surface area contributed by atoms with Gasteiger partial charge in [0.05, 0.1) is 5.41 Å². The van der Waals surface area contributed by atoms with E-state index in [0.29, 0.717) is 12.5 Å². The minimum Gasteiger partial charge on any atom is -0.369 e. The average molecular weight is 248 g/mol. The molecule has 0 unspecified atom stereocenters. The van der Waals surface area contributed by atoms with E-state index in [0.717, 1.165) is 30.8 Å². The molecule has 0 aliphatic carbocycles. The van der Waals surface area contributed by atoms with Crippen molar-refractivity contribution in [3.63, 3.8) is 0 Å². The van der Waals surface area contributed by atoms with Gasteiger partial charge in [-0.2, -0.15) is 0 Å². The van der Waals surface area contributed by atoms with Crippen molar-refractivity contribution in [3.05, 3.63) is 17.5 Å². The molecule has 5 heteroatoms. The van der Waals surface area contributed by atoms with E-state index in [9.17, 15) is 4.79 Å². The monoisotopic (exact) mass is 248 g/mol. The summed E-state index contributed by atoms with van der Waals surface area (Å²) in [6.07, 6.45) is 1.78. The maximum atomic E-state index is 11.5. The van der Waals surface area contributed by atoms with Crippen LogP contribution in [0.3, 0.4) is 0 Å². The fourth-order valence-corrected chi connectivity index (χ4v) is 2.46. The lowest BCUT2D eigenvalue weighted by molar-refractivity contribution is -0.127. The van der Waals surface area contributed by atoms with E-state index < -0.39 is 5.41 Å². The zero-order valence-corrected chi connectivity index (χ0v) is 11.2. The number of aryl methyl sites for hydroxylation is 2. The predicted octanol–water partition coefficient (Wildman–Crippen LogP) is 1.19. The molecule has 2 rings (SSSR count). The van der Waals surface area contributed by atoms with Crippen LogP contribution in [-0.2, 0) is 4.79 Å². The number of amides is 1. The van der Waals surface area contributed by atoms with Gasteiger partial charge in [-0.25, -0.2) is 9.97 Å². The van der Waals surface area contributed by atoms with Crippen LogP contribution in [-0.4, -0.2) is 29.0 Å². The minimum absolute atomic E-state index is 0.239. The van der Waals surface area contributed by atoms with Crippen molar-refractivity contribution >= 4 is 11.9 Å². The van der Waals surface area contributed by atoms with Crippen LogP contribution in [0.2, 0.25) is 0 Å². The van der Waals surface area contributed by atoms with Gasteiger partial charge in [0.15, 0.2) is 0 Å². The molecule has 1 amide bonds. The highest BCUT2D eigenvalue weighted by Crippen LogP contribution is 2.30. The Kier molecular flexibility index (Phi) is 3.24. The van der Waals surface area contributed by atoms with Gasteiger partial charge in [-0.1, -0.05) is 0 Å². The number of nitrogens with zero attached hydrogens (tertiary/aromatic N) is 3. The topological polar surface area (TPSA) is 72.1 Å². The molecule has 2 heterocycles. The molecule has 1 fully saturated rings. The van der Waals surface area contributed by atoms with Gasteiger partial charge < -0.3 is 10.6 Å². The van der Waals surface area contributed by atoms with E-state index >= 15 is 0 Å². The summed E-state index contributed by atoms with van der Waals surface area (Å²) in [5, 5.41) is 0. The van der Waals surface area contributed by atoms with Gasteiger partial charge in [0.1, 0.15) is 0 Å². The first-order valence-electron chi connectivity index (χ1n) is 6.28. The second-order valence-electron chi connectivity index (χ2n) is 5.40. The molecule has 0 radical (unpaired) electrons. The Morgan fingerprint density at radius 1 is 1.39 bits per heavy atom. The van der Waals surface area contributed by atoms with Crippen LogP contribution in [0.15, 0.2) is 6.07 Å². The Morgan fingerprint density at radius 2 is 2.00 bits per heavy atom. The van der Waals surface area contributed by atoms with Crippen molar-refractivity contribution in [2.45, 2.75) is 33.6 Å². The van der Waals surface area contributed by atoms with Crippen LogP contribution < -0.4 is 10.6 Å². The van der Waals surface area contributed by atoms with Crippen LogP contribution in [0, 0.1) is 19.3 Å². The Hall–Kier alpha value is -1.65. The maximum absolute atomic E-state index is 11.5. The Labute approximate surface area is 107 Å². The third-order valence-electron chi connectivity index (χ3n) is 3.54. The lowest BCUT2D eigenvalue weighted by Crippen LogP contribution is -2.49. The third-order valence-corrected chi connectivity index (χ3v) is 3.54. The van der Waals surface area contributed by atoms with Gasteiger partial charge in [0.25, 0.3) is 0 Å². The number of rotatable bonds is 2. The van der Waals surface area contributed by atoms with Crippen molar-refractivity contribution in [2.24, 2.45) is 11.1 Å². The lowest BCUT2D eigenvalue weighted by atomic mass is 9.81. The van der Waals surface area contributed by atoms with E-state index in [-0.39, 0.29) is 5.91 Å². The normalized spacial score (nSPS) is 24.1. The number of piperidine rings is 1. The average Bonchev–Trinajstić information content (AvgIpc) is 2.27. The zero-order chi connectivity index (χ0) is 13.3. The third kappa shape index (κ3) is 2.44. The summed E-state index contributed by atoms with van der Waals surface area (Å²) < 4.78 is 0. The molecule has 0 bridgehead atoms. The number of primary amides is 1. The van der Waals surface area contributed by atoms with E-state index in [1.807, 2.05) is 26.8 Å². The smallest absolute Gasteiger partial charge is 0.225 e. The second kappa shape index (κ2) is 4.55. The molecular weight excluding hydrogens is 228 g/mol. The van der Waals surface area contributed by atoms with Crippen LogP contribution in [0.4, 0.5) is 5.95 Å². The standard InChI is InChI=1S/C13H20N4O/c1-9-7-10(2)16-12(15-9)17-6-4-5-13(3,8-17)11(14)18/h7H,4-6,8H2,1-3H3,(H2,14,18)/t13-/m0/s1. The second-order valence-corrected chi connectivity index (χ2v) is 5.40. The number of aromatic nitrogens is 2. The highest BCUT2D eigenvalue weighted by atomic mass is 16.1. The molecule has 0 saturated carbocycles. The molecule has 1 aromatic heterocycles. The van der Waals surface area contributed by atoms with Crippen molar-refractivity contribution < 1.29 is 4.79 Å². The van der Waals surface area contributed by atoms with E-state index in [2.05, 4.69) is 14.9 Å². The highest BCUT2D eigenvalue weighted by molar-refractivity contribution is 5.81. The number of anilines is 1. The van der Waals surface area contributed by atoms with Crippen LogP contribution in [0.1, 0.15) is 31.2 Å². The van der Waals surface area contributed by atoms with Gasteiger partial charge in [-0.15, -0.1) is 0 Å². The molecule has 1 aliphatic rings. The number of hydrogen-bond donors (Lipinski definition) is 1. The Balaban J connectivity index is 2.26. The molecule has 1 atom stereocenters. The molecule has 2 N–H and O–H groups in total. The van der Waals surface area contributed by atoms with Gasteiger partial charge in [-0.05, 0) is 39.7 Å². The Bertz CT molecular complexity index is 454. The Morgan fingerprint density at radius 3 is 2.56 bits per heavy atom. The minimum atomic E-state index is -0.473. The number of carbonyl (C=O) groups excluding carboxylic acids is 1. The summed E-state index contributed by atoms with van der Waals surface area (Å²) in [5.41, 5.74) is 6.92. The zero-order valence-electron chi connectivity index (χ0n) is 11.2. The molecule has 0 spiro atoms. The van der Waals surface area contributed by atoms with Gasteiger partial charge >= 0.3 is 0 Å². The molecule has 98 valence electrons. The number of carbonyl (C=O) groups is 1. The summed E-state index contributed by atoms with van der Waals surface area (Å²) in [6.45, 7) is 7.31. The SMILES string of the molecule is Cc1cc(C)nc(N2CCC[C@](C)(C(N)=O)C2)n1. The molecule has 5 nitrogen and oxygen atoms in total. The first-order valence-corrected chi connectivity index (χ1v) is 6.28. The van der Waals surface area contributed by atoms with E-state index in [1.165, 1.54) is 0 Å². The maximum Gasteiger partial charge on any atom is 0.225 e. The highest BCUT2D eigenvalue weighted by Gasteiger charge is 2.37. The first-order chi connectivity index (χ1) is 8.40. The van der Waals surface area contributed by atoms with Crippen molar-refractivity contribution in [1.29, 1.82) is 0 Å².